The fourth-order valence-electron chi connectivity index (χ4n) is 8.61. The van der Waals surface area contributed by atoms with Gasteiger partial charge in [0.2, 0.25) is 0 Å². The molecule has 8 atom stereocenters. The van der Waals surface area contributed by atoms with Crippen molar-refractivity contribution < 1.29 is 53.7 Å². The number of hydrogen-bond donors (Lipinski definition) is 7. The van der Waals surface area contributed by atoms with Crippen molar-refractivity contribution in [2.75, 3.05) is 13.2 Å². The van der Waals surface area contributed by atoms with Crippen LogP contribution in [0, 0.1) is 0 Å². The van der Waals surface area contributed by atoms with Crippen molar-refractivity contribution in [3.05, 3.63) is 0 Å². The van der Waals surface area contributed by atoms with Crippen molar-refractivity contribution in [2.24, 2.45) is 0 Å². The van der Waals surface area contributed by atoms with E-state index in [1.165, 1.54) is 148 Å². The molecule has 12 heteroatoms. The van der Waals surface area contributed by atoms with Gasteiger partial charge in [0.05, 0.1) is 25.4 Å². The number of alkyl halides is 2. The molecular weight excluding hydrogens is 797 g/mol. The Labute approximate surface area is 377 Å². The lowest BCUT2D eigenvalue weighted by atomic mass is 9.98. The van der Waals surface area contributed by atoms with Crippen LogP contribution in [0.15, 0.2) is 0 Å². The highest BCUT2D eigenvalue weighted by Crippen LogP contribution is 2.26. The highest BCUT2D eigenvalue weighted by molar-refractivity contribution is 5.83. The third kappa shape index (κ3) is 28.8. The summed E-state index contributed by atoms with van der Waals surface area (Å²) in [4.78, 5) is 12.9. The summed E-state index contributed by atoms with van der Waals surface area (Å²) >= 11 is 0. The van der Waals surface area contributed by atoms with Gasteiger partial charge >= 0.3 is 5.92 Å². The first-order chi connectivity index (χ1) is 30.0. The smallest absolute Gasteiger partial charge is 0.324 e. The van der Waals surface area contributed by atoms with Crippen LogP contribution in [0.1, 0.15) is 245 Å². The molecule has 0 saturated carbocycles. The van der Waals surface area contributed by atoms with Crippen molar-refractivity contribution in [3.63, 3.8) is 0 Å². The molecule has 0 radical (unpaired) electrons. The number of hydrogen-bond acceptors (Lipinski definition) is 9. The molecule has 7 N–H and O–H groups in total. The molecule has 10 nitrogen and oxygen atoms in total. The van der Waals surface area contributed by atoms with Gasteiger partial charge < -0.3 is 45.4 Å². The summed E-state index contributed by atoms with van der Waals surface area (Å²) in [5, 5.41) is 64.3. The molecule has 0 aromatic carbocycles. The summed E-state index contributed by atoms with van der Waals surface area (Å²) in [7, 11) is 0. The van der Waals surface area contributed by atoms with Gasteiger partial charge in [-0.1, -0.05) is 226 Å². The molecule has 0 aromatic rings. The van der Waals surface area contributed by atoms with Crippen LogP contribution in [-0.4, -0.2) is 105 Å². The van der Waals surface area contributed by atoms with E-state index < -0.39 is 80.4 Å². The van der Waals surface area contributed by atoms with Gasteiger partial charge in [0.15, 0.2) is 6.29 Å². The maximum Gasteiger partial charge on any atom is 0.324 e. The number of amides is 1. The van der Waals surface area contributed by atoms with Crippen LogP contribution in [0.3, 0.4) is 0 Å². The zero-order valence-corrected chi connectivity index (χ0v) is 39.7. The van der Waals surface area contributed by atoms with E-state index in [0.29, 0.717) is 12.8 Å². The molecule has 0 unspecified atom stereocenters. The first-order valence-corrected chi connectivity index (χ1v) is 26.0. The third-order valence-corrected chi connectivity index (χ3v) is 12.9. The minimum absolute atomic E-state index is 0.162. The number of rotatable bonds is 44. The van der Waals surface area contributed by atoms with Gasteiger partial charge in [-0.05, 0) is 12.8 Å². The number of unbranched alkanes of at least 4 members (excludes halogenated alkanes) is 32. The Kier molecular flexibility index (Phi) is 37.3. The second-order valence-corrected chi connectivity index (χ2v) is 18.7. The molecule has 1 amide bonds. The molecule has 1 fully saturated rings. The SMILES string of the molecule is CCCCCCCCCCCCCCCCCCCCCCCCC(F)(F)C(=O)N[C@@H](CO[C@H]1O[C@H](CO)[C@H](O)[C@H](O)[C@H]1O)[C@H](O)[C@H](O)CCCCCCCCCCCCCC. The van der Waals surface area contributed by atoms with Gasteiger partial charge in [-0.25, -0.2) is 0 Å². The quantitative estimate of drug-likeness (QED) is 0.0294. The van der Waals surface area contributed by atoms with Crippen LogP contribution in [0.2, 0.25) is 0 Å². The summed E-state index contributed by atoms with van der Waals surface area (Å²) < 4.78 is 41.2. The van der Waals surface area contributed by atoms with E-state index in [1.54, 1.807) is 0 Å². The summed E-state index contributed by atoms with van der Waals surface area (Å²) in [5.74, 6) is -5.32. The van der Waals surface area contributed by atoms with E-state index in [1.807, 2.05) is 0 Å². The molecule has 1 aliphatic heterocycles. The van der Waals surface area contributed by atoms with Gasteiger partial charge in [0, 0.05) is 6.42 Å². The number of nitrogens with one attached hydrogen (secondary N) is 1. The first-order valence-electron chi connectivity index (χ1n) is 26.0. The average molecular weight is 894 g/mol. The molecule has 1 heterocycles. The van der Waals surface area contributed by atoms with Crippen LogP contribution in [0.25, 0.3) is 0 Å². The van der Waals surface area contributed by atoms with Crippen LogP contribution in [0.4, 0.5) is 8.78 Å². The number of halogens is 2. The van der Waals surface area contributed by atoms with Crippen LogP contribution in [0.5, 0.6) is 0 Å². The van der Waals surface area contributed by atoms with Gasteiger partial charge in [-0.3, -0.25) is 4.79 Å². The van der Waals surface area contributed by atoms with E-state index in [-0.39, 0.29) is 12.8 Å². The van der Waals surface area contributed by atoms with Crippen molar-refractivity contribution >= 4 is 5.91 Å². The number of aliphatic hydroxyl groups excluding tert-OH is 6. The minimum atomic E-state index is -3.73. The lowest BCUT2D eigenvalue weighted by molar-refractivity contribution is -0.303. The Hall–Kier alpha value is -0.990. The summed E-state index contributed by atoms with van der Waals surface area (Å²) in [6.07, 6.45) is 28.3. The van der Waals surface area contributed by atoms with Crippen molar-refractivity contribution in [1.82, 2.24) is 5.32 Å². The van der Waals surface area contributed by atoms with Crippen LogP contribution < -0.4 is 5.32 Å². The average Bonchev–Trinajstić information content (AvgIpc) is 3.26. The molecule has 0 spiro atoms. The van der Waals surface area contributed by atoms with Crippen molar-refractivity contribution in [2.45, 2.75) is 300 Å². The minimum Gasteiger partial charge on any atom is -0.394 e. The first kappa shape index (κ1) is 59.0. The normalized spacial score (nSPS) is 21.0. The zero-order chi connectivity index (χ0) is 45.7. The van der Waals surface area contributed by atoms with Crippen molar-refractivity contribution in [1.29, 1.82) is 0 Å². The lowest BCUT2D eigenvalue weighted by Crippen LogP contribution is -2.60. The second-order valence-electron chi connectivity index (χ2n) is 18.7. The number of carbonyl (C=O) groups is 1. The summed E-state index contributed by atoms with van der Waals surface area (Å²) in [6, 6.07) is -1.50. The topological polar surface area (TPSA) is 169 Å². The molecule has 1 aliphatic rings. The Balaban J connectivity index is 2.39. The fraction of sp³-hybridized carbons (Fsp3) is 0.980. The molecule has 1 rings (SSSR count). The lowest BCUT2D eigenvalue weighted by Gasteiger charge is -2.40. The van der Waals surface area contributed by atoms with E-state index >= 15 is 8.78 Å². The molecule has 370 valence electrons. The molecule has 62 heavy (non-hydrogen) atoms. The molecule has 1 saturated heterocycles. The molecule has 0 bridgehead atoms. The Bertz CT molecular complexity index is 1010. The highest BCUT2D eigenvalue weighted by Gasteiger charge is 2.45. The number of aliphatic hydroxyl groups is 6. The molecule has 0 aliphatic carbocycles. The second kappa shape index (κ2) is 39.2. The molecular formula is C50H97F2NO9. The fourth-order valence-corrected chi connectivity index (χ4v) is 8.61. The Morgan fingerprint density at radius 1 is 0.565 bits per heavy atom. The monoisotopic (exact) mass is 894 g/mol. The Morgan fingerprint density at radius 2 is 0.919 bits per heavy atom. The maximum absolute atomic E-state index is 15.2. The van der Waals surface area contributed by atoms with E-state index in [9.17, 15) is 35.4 Å². The van der Waals surface area contributed by atoms with Crippen LogP contribution in [-0.2, 0) is 14.3 Å². The molecule has 0 aromatic heterocycles. The predicted molar refractivity (Wildman–Crippen MR) is 246 cm³/mol. The number of ether oxygens (including phenoxy) is 2. The van der Waals surface area contributed by atoms with E-state index in [4.69, 9.17) is 9.47 Å². The third-order valence-electron chi connectivity index (χ3n) is 12.9. The van der Waals surface area contributed by atoms with Crippen LogP contribution >= 0.6 is 0 Å². The van der Waals surface area contributed by atoms with Gasteiger partial charge in [0.25, 0.3) is 5.91 Å². The summed E-state index contributed by atoms with van der Waals surface area (Å²) in [6.45, 7) is 3.13. The zero-order valence-electron chi connectivity index (χ0n) is 39.7. The number of carbonyl (C=O) groups excluding carboxylic acids is 1. The van der Waals surface area contributed by atoms with Gasteiger partial charge in [0.1, 0.15) is 30.5 Å². The maximum atomic E-state index is 15.2. The van der Waals surface area contributed by atoms with Gasteiger partial charge in [-0.2, -0.15) is 8.78 Å². The summed E-state index contributed by atoms with van der Waals surface area (Å²) in [5.41, 5.74) is 0. The predicted octanol–water partition coefficient (Wildman–Crippen LogP) is 10.7. The highest BCUT2D eigenvalue weighted by atomic mass is 19.3. The van der Waals surface area contributed by atoms with E-state index in [2.05, 4.69) is 19.2 Å². The van der Waals surface area contributed by atoms with Gasteiger partial charge in [-0.15, -0.1) is 0 Å². The van der Waals surface area contributed by atoms with E-state index in [0.717, 1.165) is 51.4 Å². The standard InChI is InChI=1S/C50H97F2NO9/c1-3-5-7-9-11-13-15-17-18-19-20-21-22-23-24-25-26-28-30-32-34-36-38-50(51,52)49(60)53-41(40-61-48-47(59)46(58)45(57)43(39-54)62-48)44(56)42(55)37-35-33-31-29-27-16-14-12-10-8-6-4-2/h41-48,54-59H,3-40H2,1-2H3,(H,53,60)/t41-,42+,43+,44-,45-,46-,47+,48-/m0/s1. The Morgan fingerprint density at radius 3 is 1.29 bits per heavy atom. The van der Waals surface area contributed by atoms with Crippen molar-refractivity contribution in [3.8, 4) is 0 Å². The largest absolute Gasteiger partial charge is 0.394 e.